The summed E-state index contributed by atoms with van der Waals surface area (Å²) in [5, 5.41) is 1.11. The fourth-order valence-electron chi connectivity index (χ4n) is 2.21. The van der Waals surface area contributed by atoms with Crippen LogP contribution in [0.5, 0.6) is 0 Å². The van der Waals surface area contributed by atoms with Crippen LogP contribution < -0.4 is 0 Å². The van der Waals surface area contributed by atoms with Gasteiger partial charge in [-0.1, -0.05) is 12.5 Å². The highest BCUT2D eigenvalue weighted by atomic mass is 32.2. The molecule has 0 saturated carbocycles. The molecule has 15 heavy (non-hydrogen) atoms. The average molecular weight is 222 g/mol. The number of pyridine rings is 1. The van der Waals surface area contributed by atoms with Crippen LogP contribution in [0.2, 0.25) is 0 Å². The molecule has 0 spiro atoms. The Morgan fingerprint density at radius 2 is 2.27 bits per heavy atom. The Morgan fingerprint density at radius 3 is 2.87 bits per heavy atom. The first-order valence-electron chi connectivity index (χ1n) is 5.51. The van der Waals surface area contributed by atoms with Gasteiger partial charge >= 0.3 is 0 Å². The van der Waals surface area contributed by atoms with E-state index < -0.39 is 0 Å². The van der Waals surface area contributed by atoms with E-state index >= 15 is 0 Å². The van der Waals surface area contributed by atoms with Crippen molar-refractivity contribution in [3.63, 3.8) is 0 Å². The molecule has 0 N–H and O–H groups in total. The number of piperidine rings is 1. The van der Waals surface area contributed by atoms with Gasteiger partial charge in [-0.25, -0.2) is 4.98 Å². The maximum Gasteiger partial charge on any atom is 0.0957 e. The monoisotopic (exact) mass is 222 g/mol. The van der Waals surface area contributed by atoms with Gasteiger partial charge in [-0.15, -0.1) is 11.8 Å². The number of hydrogen-bond donors (Lipinski definition) is 0. The predicted molar refractivity (Wildman–Crippen MR) is 65.2 cm³/mol. The number of nitrogens with zero attached hydrogens (tertiary/aromatic N) is 2. The van der Waals surface area contributed by atoms with Crippen LogP contribution in [-0.2, 0) is 0 Å². The molecule has 1 saturated heterocycles. The molecular formula is C12H18N2S. The molecule has 2 nitrogen and oxygen atoms in total. The molecule has 1 aliphatic heterocycles. The Balaban J connectivity index is 2.13. The second-order valence-corrected chi connectivity index (χ2v) is 4.95. The van der Waals surface area contributed by atoms with Crippen molar-refractivity contribution >= 4 is 11.8 Å². The van der Waals surface area contributed by atoms with Gasteiger partial charge in [0.15, 0.2) is 0 Å². The van der Waals surface area contributed by atoms with Crippen LogP contribution in [0.3, 0.4) is 0 Å². The normalized spacial score (nSPS) is 22.9. The zero-order valence-corrected chi connectivity index (χ0v) is 10.3. The summed E-state index contributed by atoms with van der Waals surface area (Å²) in [7, 11) is 2.21. The second kappa shape index (κ2) is 4.99. The first-order valence-corrected chi connectivity index (χ1v) is 6.74. The molecule has 0 aromatic carbocycles. The Bertz CT molecular complexity index is 310. The van der Waals surface area contributed by atoms with Crippen LogP contribution in [0.1, 0.15) is 30.9 Å². The van der Waals surface area contributed by atoms with Gasteiger partial charge in [-0.05, 0) is 44.3 Å². The van der Waals surface area contributed by atoms with E-state index in [4.69, 9.17) is 0 Å². The van der Waals surface area contributed by atoms with Crippen molar-refractivity contribution in [3.05, 3.63) is 23.9 Å². The minimum Gasteiger partial charge on any atom is -0.299 e. The van der Waals surface area contributed by atoms with Gasteiger partial charge in [0.1, 0.15) is 0 Å². The molecule has 0 unspecified atom stereocenters. The maximum atomic E-state index is 4.44. The van der Waals surface area contributed by atoms with Gasteiger partial charge in [-0.2, -0.15) is 0 Å². The van der Waals surface area contributed by atoms with Crippen molar-refractivity contribution in [2.75, 3.05) is 19.8 Å². The molecule has 82 valence electrons. The third-order valence-corrected chi connectivity index (χ3v) is 3.78. The van der Waals surface area contributed by atoms with Crippen LogP contribution in [0.4, 0.5) is 0 Å². The van der Waals surface area contributed by atoms with E-state index in [1.54, 1.807) is 11.8 Å². The predicted octanol–water partition coefficient (Wildman–Crippen LogP) is 2.96. The summed E-state index contributed by atoms with van der Waals surface area (Å²) in [6.07, 6.45) is 8.06. The smallest absolute Gasteiger partial charge is 0.0957 e. The average Bonchev–Trinajstić information content (AvgIpc) is 2.30. The van der Waals surface area contributed by atoms with E-state index in [0.717, 1.165) is 5.03 Å². The highest BCUT2D eigenvalue weighted by molar-refractivity contribution is 7.98. The molecule has 1 fully saturated rings. The van der Waals surface area contributed by atoms with Crippen molar-refractivity contribution in [1.29, 1.82) is 0 Å². The van der Waals surface area contributed by atoms with E-state index in [0.29, 0.717) is 6.04 Å². The van der Waals surface area contributed by atoms with E-state index in [1.165, 1.54) is 31.4 Å². The van der Waals surface area contributed by atoms with Crippen molar-refractivity contribution in [1.82, 2.24) is 9.88 Å². The molecule has 0 aliphatic carbocycles. The van der Waals surface area contributed by atoms with Crippen LogP contribution in [0.25, 0.3) is 0 Å². The van der Waals surface area contributed by atoms with Crippen LogP contribution in [-0.4, -0.2) is 29.7 Å². The Labute approximate surface area is 96.1 Å². The summed E-state index contributed by atoms with van der Waals surface area (Å²) >= 11 is 1.70. The van der Waals surface area contributed by atoms with Crippen molar-refractivity contribution in [3.8, 4) is 0 Å². The van der Waals surface area contributed by atoms with E-state index in [-0.39, 0.29) is 0 Å². The van der Waals surface area contributed by atoms with E-state index in [9.17, 15) is 0 Å². The van der Waals surface area contributed by atoms with Gasteiger partial charge in [0.05, 0.1) is 5.03 Å². The zero-order chi connectivity index (χ0) is 10.7. The maximum absolute atomic E-state index is 4.44. The molecule has 2 rings (SSSR count). The van der Waals surface area contributed by atoms with Crippen LogP contribution >= 0.6 is 11.8 Å². The largest absolute Gasteiger partial charge is 0.299 e. The number of likely N-dealkylation sites (tertiary alicyclic amines) is 1. The van der Waals surface area contributed by atoms with Crippen molar-refractivity contribution < 1.29 is 0 Å². The Hall–Kier alpha value is -0.540. The number of rotatable bonds is 2. The van der Waals surface area contributed by atoms with E-state index in [1.807, 2.05) is 6.20 Å². The van der Waals surface area contributed by atoms with Crippen molar-refractivity contribution in [2.45, 2.75) is 30.3 Å². The molecule has 0 bridgehead atoms. The number of aromatic nitrogens is 1. The van der Waals surface area contributed by atoms with Gasteiger partial charge in [0.25, 0.3) is 0 Å². The third-order valence-electron chi connectivity index (χ3n) is 3.12. The minimum atomic E-state index is 0.585. The molecule has 1 aromatic heterocycles. The molecule has 3 heteroatoms. The highest BCUT2D eigenvalue weighted by Gasteiger charge is 2.20. The zero-order valence-electron chi connectivity index (χ0n) is 9.44. The minimum absolute atomic E-state index is 0.585. The third kappa shape index (κ3) is 2.52. The van der Waals surface area contributed by atoms with Gasteiger partial charge in [0.2, 0.25) is 0 Å². The molecule has 2 heterocycles. The summed E-state index contributed by atoms with van der Waals surface area (Å²) in [6.45, 7) is 1.22. The quantitative estimate of drug-likeness (QED) is 0.716. The Kier molecular flexibility index (Phi) is 3.65. The number of hydrogen-bond acceptors (Lipinski definition) is 3. The Morgan fingerprint density at radius 1 is 1.40 bits per heavy atom. The summed E-state index contributed by atoms with van der Waals surface area (Å²) in [4.78, 5) is 6.89. The lowest BCUT2D eigenvalue weighted by Crippen LogP contribution is -2.29. The van der Waals surface area contributed by atoms with Crippen LogP contribution in [0, 0.1) is 0 Å². The molecule has 0 radical (unpaired) electrons. The fourth-order valence-corrected chi connectivity index (χ4v) is 2.57. The lowest BCUT2D eigenvalue weighted by atomic mass is 9.97. The molecule has 1 aliphatic rings. The fraction of sp³-hybridized carbons (Fsp3) is 0.583. The lowest BCUT2D eigenvalue weighted by molar-refractivity contribution is 0.187. The second-order valence-electron chi connectivity index (χ2n) is 4.13. The lowest BCUT2D eigenvalue weighted by Gasteiger charge is -2.32. The van der Waals surface area contributed by atoms with Crippen molar-refractivity contribution in [2.24, 2.45) is 0 Å². The van der Waals surface area contributed by atoms with E-state index in [2.05, 4.69) is 35.3 Å². The first-order chi connectivity index (χ1) is 7.31. The van der Waals surface area contributed by atoms with Gasteiger partial charge < -0.3 is 0 Å². The SMILES string of the molecule is CSc1ccc([C@@H]2CCCCN2C)cn1. The molecular weight excluding hydrogens is 204 g/mol. The van der Waals surface area contributed by atoms with Crippen LogP contribution in [0.15, 0.2) is 23.4 Å². The molecule has 1 aromatic rings. The first kappa shape index (κ1) is 11.0. The highest BCUT2D eigenvalue weighted by Crippen LogP contribution is 2.29. The topological polar surface area (TPSA) is 16.1 Å². The summed E-state index contributed by atoms with van der Waals surface area (Å²) in [6, 6.07) is 4.94. The summed E-state index contributed by atoms with van der Waals surface area (Å²) < 4.78 is 0. The standard InChI is InChI=1S/C12H18N2S/c1-14-8-4-3-5-11(14)10-6-7-12(15-2)13-9-10/h6-7,9,11H,3-5,8H2,1-2H3/t11-/m0/s1. The van der Waals surface area contributed by atoms with Gasteiger partial charge in [0, 0.05) is 12.2 Å². The van der Waals surface area contributed by atoms with Gasteiger partial charge in [-0.3, -0.25) is 4.90 Å². The molecule has 0 amide bonds. The number of thioether (sulfide) groups is 1. The summed E-state index contributed by atoms with van der Waals surface area (Å²) in [5.74, 6) is 0. The molecule has 1 atom stereocenters. The summed E-state index contributed by atoms with van der Waals surface area (Å²) in [5.41, 5.74) is 1.37.